The third-order valence-corrected chi connectivity index (χ3v) is 2.97. The summed E-state index contributed by atoms with van der Waals surface area (Å²) in [5.41, 5.74) is 1.14. The second kappa shape index (κ2) is 4.39. The van der Waals surface area contributed by atoms with E-state index in [1.165, 1.54) is 3.57 Å². The fraction of sp³-hybridized carbons (Fsp3) is 0.400. The minimum atomic E-state index is -0.151. The molecule has 0 amide bonds. The van der Waals surface area contributed by atoms with Crippen LogP contribution in [0, 0.1) is 3.57 Å². The predicted octanol–water partition coefficient (Wildman–Crippen LogP) is 2.73. The lowest BCUT2D eigenvalue weighted by Gasteiger charge is -2.24. The molecule has 0 atom stereocenters. The molecule has 0 aliphatic carbocycles. The van der Waals surface area contributed by atoms with Crippen LogP contribution < -0.4 is 0 Å². The number of hydrogen-bond donors (Lipinski definition) is 0. The van der Waals surface area contributed by atoms with Gasteiger partial charge in [-0.1, -0.05) is 18.2 Å². The van der Waals surface area contributed by atoms with E-state index in [0.717, 1.165) is 25.2 Å². The summed E-state index contributed by atoms with van der Waals surface area (Å²) in [6.45, 7) is 1.60. The lowest BCUT2D eigenvalue weighted by atomic mass is 10.2. The Morgan fingerprint density at radius 1 is 1.15 bits per heavy atom. The van der Waals surface area contributed by atoms with Gasteiger partial charge in [-0.2, -0.15) is 0 Å². The molecule has 1 aromatic carbocycles. The number of benzene rings is 1. The first-order valence-corrected chi connectivity index (χ1v) is 5.43. The smallest absolute Gasteiger partial charge is 0.184 e. The van der Waals surface area contributed by atoms with E-state index in [1.807, 2.05) is 12.1 Å². The molecule has 1 aliphatic heterocycles. The maximum Gasteiger partial charge on any atom is 0.184 e. The molecule has 13 heavy (non-hydrogen) atoms. The molecule has 0 unspecified atom stereocenters. The fourth-order valence-corrected chi connectivity index (χ4v) is 1.98. The molecule has 0 radical (unpaired) electrons. The zero-order valence-corrected chi connectivity index (χ0v) is 9.36. The van der Waals surface area contributed by atoms with Gasteiger partial charge in [0.2, 0.25) is 0 Å². The van der Waals surface area contributed by atoms with Crippen molar-refractivity contribution >= 4 is 22.6 Å². The first-order valence-electron chi connectivity index (χ1n) is 4.35. The number of ether oxygens (including phenoxy) is 2. The van der Waals surface area contributed by atoms with Gasteiger partial charge in [-0.25, -0.2) is 0 Å². The summed E-state index contributed by atoms with van der Waals surface area (Å²) in [5, 5.41) is 0. The molecule has 0 bridgehead atoms. The largest absolute Gasteiger partial charge is 0.348 e. The van der Waals surface area contributed by atoms with Crippen molar-refractivity contribution in [3.63, 3.8) is 0 Å². The third-order valence-electron chi connectivity index (χ3n) is 1.99. The molecular formula is C10H11IO2. The molecule has 3 heteroatoms. The topological polar surface area (TPSA) is 18.5 Å². The highest BCUT2D eigenvalue weighted by Gasteiger charge is 2.18. The van der Waals surface area contributed by atoms with Crippen LogP contribution in [-0.4, -0.2) is 13.2 Å². The molecule has 1 heterocycles. The summed E-state index contributed by atoms with van der Waals surface area (Å²) in [6.07, 6.45) is 0.849. The normalized spacial score (nSPS) is 18.8. The fourth-order valence-electron chi connectivity index (χ4n) is 1.33. The van der Waals surface area contributed by atoms with Gasteiger partial charge in [0, 0.05) is 9.13 Å². The van der Waals surface area contributed by atoms with E-state index in [9.17, 15) is 0 Å². The Bertz CT molecular complexity index is 282. The first-order chi connectivity index (χ1) is 6.38. The lowest BCUT2D eigenvalue weighted by molar-refractivity contribution is -0.183. The van der Waals surface area contributed by atoms with Crippen LogP contribution in [0.1, 0.15) is 18.3 Å². The molecule has 1 fully saturated rings. The molecule has 0 N–H and O–H groups in total. The van der Waals surface area contributed by atoms with Crippen LogP contribution in [0.4, 0.5) is 0 Å². The third kappa shape index (κ3) is 2.21. The predicted molar refractivity (Wildman–Crippen MR) is 58.4 cm³/mol. The van der Waals surface area contributed by atoms with Crippen LogP contribution in [0.15, 0.2) is 24.3 Å². The lowest BCUT2D eigenvalue weighted by Crippen LogP contribution is -2.18. The number of hydrogen-bond acceptors (Lipinski definition) is 2. The number of halogens is 1. The van der Waals surface area contributed by atoms with Crippen LogP contribution >= 0.6 is 22.6 Å². The summed E-state index contributed by atoms with van der Waals surface area (Å²) in [4.78, 5) is 0. The van der Waals surface area contributed by atoms with Crippen LogP contribution in [-0.2, 0) is 9.47 Å². The quantitative estimate of drug-likeness (QED) is 0.740. The highest BCUT2D eigenvalue weighted by molar-refractivity contribution is 14.1. The monoisotopic (exact) mass is 290 g/mol. The summed E-state index contributed by atoms with van der Waals surface area (Å²) in [6, 6.07) is 8.15. The summed E-state index contributed by atoms with van der Waals surface area (Å²) >= 11 is 2.30. The molecule has 1 aliphatic rings. The molecule has 0 saturated carbocycles. The maximum absolute atomic E-state index is 5.52. The van der Waals surface area contributed by atoms with E-state index in [2.05, 4.69) is 34.7 Å². The summed E-state index contributed by atoms with van der Waals surface area (Å²) < 4.78 is 12.2. The van der Waals surface area contributed by atoms with E-state index in [1.54, 1.807) is 0 Å². The van der Waals surface area contributed by atoms with Gasteiger partial charge in [-0.3, -0.25) is 0 Å². The van der Waals surface area contributed by atoms with Crippen LogP contribution in [0.5, 0.6) is 0 Å². The van der Waals surface area contributed by atoms with Gasteiger partial charge < -0.3 is 9.47 Å². The minimum absolute atomic E-state index is 0.151. The Morgan fingerprint density at radius 2 is 1.85 bits per heavy atom. The molecule has 1 saturated heterocycles. The van der Waals surface area contributed by atoms with E-state index in [-0.39, 0.29) is 6.29 Å². The molecule has 0 aromatic heterocycles. The van der Waals surface area contributed by atoms with Gasteiger partial charge >= 0.3 is 0 Å². The van der Waals surface area contributed by atoms with Crippen LogP contribution in [0.3, 0.4) is 0 Å². The van der Waals surface area contributed by atoms with Gasteiger partial charge in [0.15, 0.2) is 6.29 Å². The molecule has 2 nitrogen and oxygen atoms in total. The van der Waals surface area contributed by atoms with E-state index in [0.29, 0.717) is 0 Å². The molecule has 1 aromatic rings. The van der Waals surface area contributed by atoms with Crippen molar-refractivity contribution in [2.75, 3.05) is 13.2 Å². The molecule has 70 valence electrons. The summed E-state index contributed by atoms with van der Waals surface area (Å²) in [7, 11) is 0. The highest BCUT2D eigenvalue weighted by Crippen LogP contribution is 2.26. The van der Waals surface area contributed by atoms with Crippen molar-refractivity contribution in [2.24, 2.45) is 0 Å². The van der Waals surface area contributed by atoms with Crippen LogP contribution in [0.2, 0.25) is 0 Å². The van der Waals surface area contributed by atoms with Crippen LogP contribution in [0.25, 0.3) is 0 Å². The zero-order valence-electron chi connectivity index (χ0n) is 7.20. The average Bonchev–Trinajstić information content (AvgIpc) is 2.20. The van der Waals surface area contributed by atoms with Crippen molar-refractivity contribution in [1.29, 1.82) is 0 Å². The molecular weight excluding hydrogens is 279 g/mol. The second-order valence-electron chi connectivity index (χ2n) is 2.95. The standard InChI is InChI=1S/C10H11IO2/c11-9-5-2-1-4-8(9)10-12-6-3-7-13-10/h1-2,4-5,10H,3,6-7H2. The Morgan fingerprint density at radius 3 is 2.54 bits per heavy atom. The van der Waals surface area contributed by atoms with Crippen molar-refractivity contribution in [1.82, 2.24) is 0 Å². The Labute approximate surface area is 91.4 Å². The average molecular weight is 290 g/mol. The van der Waals surface area contributed by atoms with Gasteiger partial charge in [0.05, 0.1) is 13.2 Å². The second-order valence-corrected chi connectivity index (χ2v) is 4.11. The Balaban J connectivity index is 2.18. The van der Waals surface area contributed by atoms with Crippen molar-refractivity contribution in [3.8, 4) is 0 Å². The van der Waals surface area contributed by atoms with Gasteiger partial charge in [-0.15, -0.1) is 0 Å². The first kappa shape index (κ1) is 9.43. The molecule has 0 spiro atoms. The zero-order chi connectivity index (χ0) is 9.10. The van der Waals surface area contributed by atoms with Crippen molar-refractivity contribution in [2.45, 2.75) is 12.7 Å². The Hall–Kier alpha value is -0.130. The van der Waals surface area contributed by atoms with E-state index in [4.69, 9.17) is 9.47 Å². The van der Waals surface area contributed by atoms with E-state index >= 15 is 0 Å². The van der Waals surface area contributed by atoms with E-state index < -0.39 is 0 Å². The highest BCUT2D eigenvalue weighted by atomic mass is 127. The number of rotatable bonds is 1. The van der Waals surface area contributed by atoms with Crippen molar-refractivity contribution < 1.29 is 9.47 Å². The summed E-state index contributed by atoms with van der Waals surface area (Å²) in [5.74, 6) is 0. The SMILES string of the molecule is Ic1ccccc1C1OCCCO1. The minimum Gasteiger partial charge on any atom is -0.348 e. The maximum atomic E-state index is 5.52. The van der Waals surface area contributed by atoms with Crippen molar-refractivity contribution in [3.05, 3.63) is 33.4 Å². The Kier molecular flexibility index (Phi) is 3.18. The van der Waals surface area contributed by atoms with Gasteiger partial charge in [0.25, 0.3) is 0 Å². The van der Waals surface area contributed by atoms with Gasteiger partial charge in [-0.05, 0) is 35.1 Å². The van der Waals surface area contributed by atoms with Gasteiger partial charge in [0.1, 0.15) is 0 Å². The molecule has 2 rings (SSSR count).